The van der Waals surface area contributed by atoms with Crippen molar-refractivity contribution in [3.63, 3.8) is 0 Å². The third-order valence-electron chi connectivity index (χ3n) is 4.98. The lowest BCUT2D eigenvalue weighted by Crippen LogP contribution is -2.49. The minimum atomic E-state index is -1.59. The minimum Gasteiger partial charge on any atom is -0.352 e. The predicted octanol–water partition coefficient (Wildman–Crippen LogP) is 2.69. The number of nitrogens with zero attached hydrogens (tertiary/aromatic N) is 6. The Morgan fingerprint density at radius 1 is 1.24 bits per heavy atom. The molecule has 29 heavy (non-hydrogen) atoms. The molecule has 3 heterocycles. The largest absolute Gasteiger partial charge is 0.352 e. The van der Waals surface area contributed by atoms with Crippen LogP contribution in [0.3, 0.4) is 0 Å². The molecule has 2 atom stereocenters. The average Bonchev–Trinajstić information content (AvgIpc) is 3.15. The first kappa shape index (κ1) is 20.0. The van der Waals surface area contributed by atoms with Crippen LogP contribution in [0.25, 0.3) is 5.65 Å². The normalized spacial score (nSPS) is 16.8. The van der Waals surface area contributed by atoms with E-state index in [1.807, 2.05) is 17.0 Å². The third kappa shape index (κ3) is 4.49. The molecule has 1 aliphatic heterocycles. The molecule has 1 aliphatic rings. The molecule has 4 rings (SSSR count). The molecule has 1 fully saturated rings. The number of aromatic nitrogens is 4. The van der Waals surface area contributed by atoms with E-state index in [1.54, 1.807) is 29.0 Å². The van der Waals surface area contributed by atoms with Crippen molar-refractivity contribution >= 4 is 38.2 Å². The van der Waals surface area contributed by atoms with Gasteiger partial charge in [-0.1, -0.05) is 26.9 Å². The monoisotopic (exact) mass is 434 g/mol. The van der Waals surface area contributed by atoms with E-state index in [4.69, 9.17) is 11.6 Å². The second-order valence-electron chi connectivity index (χ2n) is 7.29. The Balaban J connectivity index is 1.39. The van der Waals surface area contributed by atoms with Crippen LogP contribution < -0.4 is 4.90 Å². The van der Waals surface area contributed by atoms with Gasteiger partial charge in [0.25, 0.3) is 0 Å². The van der Waals surface area contributed by atoms with Crippen molar-refractivity contribution in [2.75, 3.05) is 31.1 Å². The van der Waals surface area contributed by atoms with Crippen molar-refractivity contribution in [3.05, 3.63) is 52.8 Å². The molecule has 2 aromatic heterocycles. The summed E-state index contributed by atoms with van der Waals surface area (Å²) in [5, 5.41) is 11.1. The third-order valence-corrected chi connectivity index (χ3v) is 5.53. The van der Waals surface area contributed by atoms with E-state index in [0.717, 1.165) is 5.82 Å². The lowest BCUT2D eigenvalue weighted by Gasteiger charge is -2.35. The van der Waals surface area contributed by atoms with Crippen LogP contribution in [-0.4, -0.2) is 56.8 Å². The molecule has 1 aromatic carbocycles. The van der Waals surface area contributed by atoms with Gasteiger partial charge in [0, 0.05) is 31.2 Å². The summed E-state index contributed by atoms with van der Waals surface area (Å²) in [4.78, 5) is 16.7. The maximum absolute atomic E-state index is 14.2. The van der Waals surface area contributed by atoms with Crippen LogP contribution in [-0.2, 0) is 16.6 Å². The molecule has 3 aromatic rings. The maximum Gasteiger partial charge on any atom is 0.227 e. The van der Waals surface area contributed by atoms with Crippen molar-refractivity contribution in [2.45, 2.75) is 18.8 Å². The minimum absolute atomic E-state index is 0.00408. The van der Waals surface area contributed by atoms with Gasteiger partial charge in [0.15, 0.2) is 5.65 Å². The first-order valence-corrected chi connectivity index (χ1v) is 10.2. The number of fused-ring (bicyclic) bond motifs is 1. The van der Waals surface area contributed by atoms with Crippen LogP contribution in [0.4, 0.5) is 10.2 Å². The van der Waals surface area contributed by atoms with E-state index in [9.17, 15) is 9.18 Å². The predicted molar refractivity (Wildman–Crippen MR) is 113 cm³/mol. The highest BCUT2D eigenvalue weighted by Crippen LogP contribution is 2.34. The fourth-order valence-electron chi connectivity index (χ4n) is 3.39. The van der Waals surface area contributed by atoms with Gasteiger partial charge in [0.2, 0.25) is 5.91 Å². The van der Waals surface area contributed by atoms with E-state index < -0.39 is 5.41 Å². The van der Waals surface area contributed by atoms with Gasteiger partial charge in [-0.3, -0.25) is 4.79 Å². The van der Waals surface area contributed by atoms with Crippen molar-refractivity contribution in [2.24, 2.45) is 0 Å². The van der Waals surface area contributed by atoms with Gasteiger partial charge >= 0.3 is 0 Å². The molecule has 0 saturated carbocycles. The number of carbonyl (C=O) groups excluding carboxylic acids is 1. The molecule has 1 saturated heterocycles. The van der Waals surface area contributed by atoms with Gasteiger partial charge in [-0.2, -0.15) is 4.52 Å². The average molecular weight is 435 g/mol. The first-order valence-electron chi connectivity index (χ1n) is 9.27. The number of halogens is 2. The second-order valence-corrected chi connectivity index (χ2v) is 8.81. The van der Waals surface area contributed by atoms with Crippen molar-refractivity contribution in [1.29, 1.82) is 0 Å². The number of amides is 1. The number of anilines is 1. The highest BCUT2D eigenvalue weighted by atomic mass is 35.5. The molecular formula is C19H21ClFN6OP. The fourth-order valence-corrected chi connectivity index (χ4v) is 3.82. The number of carbonyl (C=O) groups is 1. The maximum atomic E-state index is 14.2. The quantitative estimate of drug-likeness (QED) is 0.591. The van der Waals surface area contributed by atoms with Gasteiger partial charge in [-0.15, -0.1) is 15.3 Å². The van der Waals surface area contributed by atoms with Crippen LogP contribution in [0.15, 0.2) is 36.7 Å². The number of hydrogen-bond acceptors (Lipinski definition) is 5. The van der Waals surface area contributed by atoms with E-state index in [2.05, 4.69) is 29.4 Å². The summed E-state index contributed by atoms with van der Waals surface area (Å²) in [7, 11) is 2.15. The van der Waals surface area contributed by atoms with E-state index in [-0.39, 0.29) is 12.3 Å². The standard InChI is InChI=1S/C19H21ClFN6OP/c1-19(21,29)14-8-13(9-15(20)11-14)10-18(28)26-6-4-25(5-7-26)17-3-2-16-23-22-12-27(16)24-17/h2-3,8-9,11-12H,4-7,10,29H2,1H3. The number of alkyl halides is 1. The fraction of sp³-hybridized carbons (Fsp3) is 0.368. The Kier molecular flexibility index (Phi) is 5.40. The first-order chi connectivity index (χ1) is 13.8. The van der Waals surface area contributed by atoms with Crippen molar-refractivity contribution in [1.82, 2.24) is 24.7 Å². The molecular weight excluding hydrogens is 414 g/mol. The summed E-state index contributed by atoms with van der Waals surface area (Å²) in [6.07, 6.45) is 1.76. The van der Waals surface area contributed by atoms with E-state index in [0.29, 0.717) is 48.0 Å². The van der Waals surface area contributed by atoms with Gasteiger partial charge in [-0.05, 0) is 42.3 Å². The molecule has 0 bridgehead atoms. The summed E-state index contributed by atoms with van der Waals surface area (Å²) in [5.41, 5.74) is 1.85. The molecule has 2 unspecified atom stereocenters. The molecule has 1 amide bonds. The van der Waals surface area contributed by atoms with Crippen LogP contribution in [0.5, 0.6) is 0 Å². The van der Waals surface area contributed by atoms with Crippen LogP contribution in [0.1, 0.15) is 18.1 Å². The van der Waals surface area contributed by atoms with Crippen LogP contribution in [0.2, 0.25) is 5.02 Å². The topological polar surface area (TPSA) is 66.6 Å². The molecule has 10 heteroatoms. The Bertz CT molecular complexity index is 1040. The van der Waals surface area contributed by atoms with Gasteiger partial charge in [0.05, 0.1) is 6.42 Å². The molecule has 152 valence electrons. The van der Waals surface area contributed by atoms with Gasteiger partial charge in [-0.25, -0.2) is 4.39 Å². The lowest BCUT2D eigenvalue weighted by molar-refractivity contribution is -0.130. The van der Waals surface area contributed by atoms with Crippen LogP contribution >= 0.6 is 20.8 Å². The molecule has 0 aliphatic carbocycles. The number of piperazine rings is 1. The Morgan fingerprint density at radius 3 is 2.72 bits per heavy atom. The zero-order valence-electron chi connectivity index (χ0n) is 15.9. The highest BCUT2D eigenvalue weighted by Gasteiger charge is 2.24. The smallest absolute Gasteiger partial charge is 0.227 e. The number of benzene rings is 1. The number of rotatable bonds is 4. The second kappa shape index (κ2) is 7.84. The summed E-state index contributed by atoms with van der Waals surface area (Å²) < 4.78 is 15.9. The molecule has 0 radical (unpaired) electrons. The lowest BCUT2D eigenvalue weighted by atomic mass is 10.0. The van der Waals surface area contributed by atoms with Gasteiger partial charge in [0.1, 0.15) is 17.6 Å². The summed E-state index contributed by atoms with van der Waals surface area (Å²) >= 11 is 6.12. The summed E-state index contributed by atoms with van der Waals surface area (Å²) in [6.45, 7) is 4.00. The number of hydrogen-bond donors (Lipinski definition) is 0. The molecule has 0 spiro atoms. The Labute approximate surface area is 175 Å². The van der Waals surface area contributed by atoms with Gasteiger partial charge < -0.3 is 9.80 Å². The van der Waals surface area contributed by atoms with E-state index >= 15 is 0 Å². The summed E-state index contributed by atoms with van der Waals surface area (Å²) in [6, 6.07) is 8.78. The zero-order chi connectivity index (χ0) is 20.6. The highest BCUT2D eigenvalue weighted by molar-refractivity contribution is 7.18. The van der Waals surface area contributed by atoms with Crippen molar-refractivity contribution in [3.8, 4) is 0 Å². The summed E-state index contributed by atoms with van der Waals surface area (Å²) in [5.74, 6) is 0.830. The van der Waals surface area contributed by atoms with Crippen molar-refractivity contribution < 1.29 is 9.18 Å². The molecule has 0 N–H and O–H groups in total. The van der Waals surface area contributed by atoms with E-state index in [1.165, 1.54) is 6.92 Å². The Morgan fingerprint density at radius 2 is 2.00 bits per heavy atom. The Hall–Kier alpha value is -2.31. The zero-order valence-corrected chi connectivity index (χ0v) is 17.8. The SMILES string of the molecule is CC(F)(P)c1cc(Cl)cc(CC(=O)N2CCN(c3ccc4nncn4n3)CC2)c1. The molecule has 7 nitrogen and oxygen atoms in total. The van der Waals surface area contributed by atoms with Crippen LogP contribution in [0, 0.1) is 0 Å².